The molecule has 0 aliphatic heterocycles. The van der Waals surface area contributed by atoms with E-state index in [0.29, 0.717) is 23.7 Å². The predicted octanol–water partition coefficient (Wildman–Crippen LogP) is 4.15. The Morgan fingerprint density at radius 1 is 0.750 bits per heavy atom. The standard InChI is InChI=1S/C23H20O5/c24-20(14-18-7-4-8-19(13-18)23(25)26)16-28-22-11-9-21(10-12-22)27-15-17-5-2-1-3-6-17/h1-13H,14-16H2,(H,25,26). The molecule has 3 aromatic rings. The summed E-state index contributed by atoms with van der Waals surface area (Å²) in [5.41, 5.74) is 1.90. The SMILES string of the molecule is O=C(COc1ccc(OCc2ccccc2)cc1)Cc1cccc(C(=O)O)c1. The summed E-state index contributed by atoms with van der Waals surface area (Å²) >= 11 is 0. The van der Waals surface area contributed by atoms with Crippen LogP contribution in [0.15, 0.2) is 78.9 Å². The van der Waals surface area contributed by atoms with Crippen LogP contribution in [-0.2, 0) is 17.8 Å². The molecule has 0 heterocycles. The second-order valence-electron chi connectivity index (χ2n) is 6.26. The first-order chi connectivity index (χ1) is 13.6. The third-order valence-electron chi connectivity index (χ3n) is 4.05. The molecule has 0 fully saturated rings. The summed E-state index contributed by atoms with van der Waals surface area (Å²) in [6, 6.07) is 23.3. The number of rotatable bonds is 9. The van der Waals surface area contributed by atoms with Crippen LogP contribution in [0.1, 0.15) is 21.5 Å². The maximum Gasteiger partial charge on any atom is 0.335 e. The molecule has 0 atom stereocenters. The monoisotopic (exact) mass is 376 g/mol. The Kier molecular flexibility index (Phi) is 6.41. The van der Waals surface area contributed by atoms with Gasteiger partial charge in [0.2, 0.25) is 0 Å². The summed E-state index contributed by atoms with van der Waals surface area (Å²) in [6.45, 7) is 0.399. The van der Waals surface area contributed by atoms with Crippen LogP contribution in [0, 0.1) is 0 Å². The molecule has 1 N–H and O–H groups in total. The van der Waals surface area contributed by atoms with Gasteiger partial charge in [0.1, 0.15) is 24.7 Å². The fraction of sp³-hybridized carbons (Fsp3) is 0.130. The number of carbonyl (C=O) groups excluding carboxylic acids is 1. The van der Waals surface area contributed by atoms with Crippen LogP contribution in [0.25, 0.3) is 0 Å². The lowest BCUT2D eigenvalue weighted by atomic mass is 10.1. The number of hydrogen-bond donors (Lipinski definition) is 1. The number of carboxylic acid groups (broad SMARTS) is 1. The lowest BCUT2D eigenvalue weighted by Crippen LogP contribution is -2.14. The Balaban J connectivity index is 1.47. The van der Waals surface area contributed by atoms with Gasteiger partial charge in [0.25, 0.3) is 0 Å². The lowest BCUT2D eigenvalue weighted by molar-refractivity contribution is -0.120. The van der Waals surface area contributed by atoms with Crippen molar-refractivity contribution in [3.05, 3.63) is 95.6 Å². The van der Waals surface area contributed by atoms with Gasteiger partial charge in [-0.2, -0.15) is 0 Å². The molecular formula is C23H20O5. The Labute approximate surface area is 163 Å². The van der Waals surface area contributed by atoms with Gasteiger partial charge in [-0.25, -0.2) is 4.79 Å². The van der Waals surface area contributed by atoms with Crippen molar-refractivity contribution in [1.29, 1.82) is 0 Å². The van der Waals surface area contributed by atoms with Crippen LogP contribution in [0.3, 0.4) is 0 Å². The highest BCUT2D eigenvalue weighted by atomic mass is 16.5. The van der Waals surface area contributed by atoms with E-state index in [0.717, 1.165) is 5.56 Å². The maximum atomic E-state index is 12.1. The van der Waals surface area contributed by atoms with E-state index in [4.69, 9.17) is 14.6 Å². The Morgan fingerprint density at radius 2 is 1.39 bits per heavy atom. The molecule has 5 heteroatoms. The van der Waals surface area contributed by atoms with E-state index in [-0.39, 0.29) is 24.4 Å². The molecule has 5 nitrogen and oxygen atoms in total. The number of hydrogen-bond acceptors (Lipinski definition) is 4. The molecule has 3 aromatic carbocycles. The topological polar surface area (TPSA) is 72.8 Å². The minimum atomic E-state index is -1.01. The molecular weight excluding hydrogens is 356 g/mol. The molecule has 0 spiro atoms. The normalized spacial score (nSPS) is 10.3. The lowest BCUT2D eigenvalue weighted by Gasteiger charge is -2.09. The van der Waals surface area contributed by atoms with Crippen molar-refractivity contribution in [2.24, 2.45) is 0 Å². The second-order valence-corrected chi connectivity index (χ2v) is 6.26. The molecule has 3 rings (SSSR count). The van der Waals surface area contributed by atoms with Crippen LogP contribution in [-0.4, -0.2) is 23.5 Å². The second kappa shape index (κ2) is 9.37. The van der Waals surface area contributed by atoms with Gasteiger partial charge in [-0.1, -0.05) is 42.5 Å². The number of benzene rings is 3. The molecule has 0 radical (unpaired) electrons. The molecule has 0 aliphatic carbocycles. The fourth-order valence-electron chi connectivity index (χ4n) is 2.63. The first kappa shape index (κ1) is 19.2. The Morgan fingerprint density at radius 3 is 2.07 bits per heavy atom. The largest absolute Gasteiger partial charge is 0.489 e. The predicted molar refractivity (Wildman–Crippen MR) is 105 cm³/mol. The van der Waals surface area contributed by atoms with Crippen molar-refractivity contribution < 1.29 is 24.2 Å². The highest BCUT2D eigenvalue weighted by Crippen LogP contribution is 2.19. The van der Waals surface area contributed by atoms with E-state index in [9.17, 15) is 9.59 Å². The first-order valence-corrected chi connectivity index (χ1v) is 8.84. The van der Waals surface area contributed by atoms with Crippen molar-refractivity contribution in [2.45, 2.75) is 13.0 Å². The summed E-state index contributed by atoms with van der Waals surface area (Å²) < 4.78 is 11.2. The molecule has 0 aromatic heterocycles. The zero-order valence-corrected chi connectivity index (χ0v) is 15.2. The van der Waals surface area contributed by atoms with Crippen molar-refractivity contribution in [3.63, 3.8) is 0 Å². The van der Waals surface area contributed by atoms with Crippen LogP contribution in [0.4, 0.5) is 0 Å². The third kappa shape index (κ3) is 5.71. The highest BCUT2D eigenvalue weighted by Gasteiger charge is 2.08. The highest BCUT2D eigenvalue weighted by molar-refractivity contribution is 5.88. The van der Waals surface area contributed by atoms with Crippen molar-refractivity contribution in [2.75, 3.05) is 6.61 Å². The summed E-state index contributed by atoms with van der Waals surface area (Å²) in [5, 5.41) is 9.00. The quantitative estimate of drug-likeness (QED) is 0.607. The molecule has 0 aliphatic rings. The van der Waals surface area contributed by atoms with Crippen molar-refractivity contribution >= 4 is 11.8 Å². The molecule has 0 bridgehead atoms. The molecule has 142 valence electrons. The number of ether oxygens (including phenoxy) is 2. The van der Waals surface area contributed by atoms with Crippen LogP contribution < -0.4 is 9.47 Å². The number of aromatic carboxylic acids is 1. The van der Waals surface area contributed by atoms with E-state index >= 15 is 0 Å². The molecule has 0 unspecified atom stereocenters. The van der Waals surface area contributed by atoms with Gasteiger partial charge in [-0.05, 0) is 47.5 Å². The first-order valence-electron chi connectivity index (χ1n) is 8.84. The molecule has 28 heavy (non-hydrogen) atoms. The zero-order chi connectivity index (χ0) is 19.8. The number of carbonyl (C=O) groups is 2. The van der Waals surface area contributed by atoms with Gasteiger partial charge in [0.15, 0.2) is 5.78 Å². The van der Waals surface area contributed by atoms with E-state index < -0.39 is 5.97 Å². The molecule has 0 saturated heterocycles. The van der Waals surface area contributed by atoms with E-state index in [1.165, 1.54) is 12.1 Å². The van der Waals surface area contributed by atoms with Gasteiger partial charge in [-0.15, -0.1) is 0 Å². The van der Waals surface area contributed by atoms with E-state index in [2.05, 4.69) is 0 Å². The van der Waals surface area contributed by atoms with E-state index in [1.807, 2.05) is 30.3 Å². The average Bonchev–Trinajstić information content (AvgIpc) is 2.72. The van der Waals surface area contributed by atoms with Crippen molar-refractivity contribution in [3.8, 4) is 11.5 Å². The zero-order valence-electron chi connectivity index (χ0n) is 15.2. The molecule has 0 saturated carbocycles. The van der Waals surface area contributed by atoms with Gasteiger partial charge in [0.05, 0.1) is 5.56 Å². The smallest absolute Gasteiger partial charge is 0.335 e. The summed E-state index contributed by atoms with van der Waals surface area (Å²) in [4.78, 5) is 23.1. The van der Waals surface area contributed by atoms with Gasteiger partial charge < -0.3 is 14.6 Å². The van der Waals surface area contributed by atoms with Gasteiger partial charge in [-0.3, -0.25) is 4.79 Å². The Bertz CT molecular complexity index is 933. The van der Waals surface area contributed by atoms with Gasteiger partial charge >= 0.3 is 5.97 Å². The summed E-state index contributed by atoms with van der Waals surface area (Å²) in [5.74, 6) is 0.139. The summed E-state index contributed by atoms with van der Waals surface area (Å²) in [7, 11) is 0. The third-order valence-corrected chi connectivity index (χ3v) is 4.05. The summed E-state index contributed by atoms with van der Waals surface area (Å²) in [6.07, 6.45) is 0.124. The number of ketones is 1. The maximum absolute atomic E-state index is 12.1. The van der Waals surface area contributed by atoms with Gasteiger partial charge in [0, 0.05) is 6.42 Å². The molecule has 0 amide bonds. The van der Waals surface area contributed by atoms with Crippen LogP contribution >= 0.6 is 0 Å². The number of Topliss-reactive ketones (excluding diaryl/α,β-unsaturated/α-hetero) is 1. The van der Waals surface area contributed by atoms with Crippen LogP contribution in [0.5, 0.6) is 11.5 Å². The van der Waals surface area contributed by atoms with Crippen molar-refractivity contribution in [1.82, 2.24) is 0 Å². The minimum Gasteiger partial charge on any atom is -0.489 e. The number of carboxylic acids is 1. The van der Waals surface area contributed by atoms with E-state index in [1.54, 1.807) is 36.4 Å². The fourth-order valence-corrected chi connectivity index (χ4v) is 2.63. The average molecular weight is 376 g/mol. The van der Waals surface area contributed by atoms with Crippen LogP contribution in [0.2, 0.25) is 0 Å². The minimum absolute atomic E-state index is 0.0818. The Hall–Kier alpha value is -3.60.